The second-order valence-electron chi connectivity index (χ2n) is 6.44. The minimum Gasteiger partial charge on any atom is -0.467 e. The van der Waals surface area contributed by atoms with E-state index in [0.29, 0.717) is 16.3 Å². The minimum absolute atomic E-state index is 0.221. The van der Waals surface area contributed by atoms with Gasteiger partial charge < -0.3 is 19.8 Å². The highest BCUT2D eigenvalue weighted by atomic mass is 32.1. The van der Waals surface area contributed by atoms with E-state index in [9.17, 15) is 14.4 Å². The van der Waals surface area contributed by atoms with Crippen molar-refractivity contribution in [3.8, 4) is 0 Å². The number of thiophene rings is 1. The van der Waals surface area contributed by atoms with E-state index >= 15 is 0 Å². The first-order valence-corrected chi connectivity index (χ1v) is 9.70. The van der Waals surface area contributed by atoms with Crippen LogP contribution in [0.15, 0.2) is 22.8 Å². The van der Waals surface area contributed by atoms with Crippen molar-refractivity contribution in [3.05, 3.63) is 40.2 Å². The molecule has 2 aromatic rings. The van der Waals surface area contributed by atoms with Gasteiger partial charge in [0.25, 0.3) is 5.91 Å². The molecule has 0 aliphatic heterocycles. The molecule has 27 heavy (non-hydrogen) atoms. The zero-order valence-electron chi connectivity index (χ0n) is 15.3. The highest BCUT2D eigenvalue weighted by Gasteiger charge is 2.29. The smallest absolute Gasteiger partial charge is 0.342 e. The van der Waals surface area contributed by atoms with Crippen molar-refractivity contribution >= 4 is 34.1 Å². The number of amides is 2. The lowest BCUT2D eigenvalue weighted by molar-refractivity contribution is -0.129. The molecule has 2 amide bonds. The summed E-state index contributed by atoms with van der Waals surface area (Å²) in [6.45, 7) is 3.14. The minimum atomic E-state index is -0.961. The number of esters is 1. The molecule has 1 unspecified atom stereocenters. The second-order valence-corrected chi connectivity index (χ2v) is 7.55. The number of fused-ring (bicyclic) bond motifs is 1. The van der Waals surface area contributed by atoms with Crippen LogP contribution in [-0.4, -0.2) is 23.9 Å². The van der Waals surface area contributed by atoms with Gasteiger partial charge in [0, 0.05) is 11.8 Å². The maximum atomic E-state index is 12.8. The number of hydrogen-bond acceptors (Lipinski definition) is 6. The third-order valence-corrected chi connectivity index (χ3v) is 5.54. The van der Waals surface area contributed by atoms with Gasteiger partial charge in [0.15, 0.2) is 6.10 Å². The van der Waals surface area contributed by atoms with E-state index < -0.39 is 18.0 Å². The van der Waals surface area contributed by atoms with E-state index in [-0.39, 0.29) is 12.5 Å². The monoisotopic (exact) mass is 390 g/mol. The number of carbonyl (C=O) groups excluding carboxylic acids is 3. The molecule has 2 N–H and O–H groups in total. The Labute approximate surface area is 161 Å². The summed E-state index contributed by atoms with van der Waals surface area (Å²) < 4.78 is 10.5. The fourth-order valence-corrected chi connectivity index (χ4v) is 4.36. The largest absolute Gasteiger partial charge is 0.467 e. The van der Waals surface area contributed by atoms with Crippen LogP contribution >= 0.6 is 11.3 Å². The molecule has 0 aromatic carbocycles. The molecule has 0 saturated heterocycles. The highest BCUT2D eigenvalue weighted by molar-refractivity contribution is 7.17. The molecule has 0 spiro atoms. The van der Waals surface area contributed by atoms with E-state index in [1.807, 2.05) is 0 Å². The van der Waals surface area contributed by atoms with Gasteiger partial charge in [-0.05, 0) is 50.3 Å². The van der Waals surface area contributed by atoms with Crippen molar-refractivity contribution in [2.75, 3.05) is 5.32 Å². The second kappa shape index (κ2) is 8.39. The summed E-state index contributed by atoms with van der Waals surface area (Å²) in [6.07, 6.45) is 4.27. The highest BCUT2D eigenvalue weighted by Crippen LogP contribution is 2.38. The summed E-state index contributed by atoms with van der Waals surface area (Å²) in [5.74, 6) is -0.627. The molecule has 0 radical (unpaired) electrons. The number of aryl methyl sites for hydroxylation is 1. The van der Waals surface area contributed by atoms with Crippen LogP contribution in [0.2, 0.25) is 0 Å². The molecule has 0 bridgehead atoms. The Balaban J connectivity index is 1.70. The topological polar surface area (TPSA) is 97.6 Å². The van der Waals surface area contributed by atoms with Gasteiger partial charge in [0.2, 0.25) is 5.91 Å². The zero-order valence-corrected chi connectivity index (χ0v) is 16.1. The average molecular weight is 390 g/mol. The van der Waals surface area contributed by atoms with Crippen molar-refractivity contribution < 1.29 is 23.5 Å². The van der Waals surface area contributed by atoms with Gasteiger partial charge in [0.05, 0.1) is 18.4 Å². The van der Waals surface area contributed by atoms with Gasteiger partial charge in [0.1, 0.15) is 10.8 Å². The molecule has 8 heteroatoms. The molecule has 1 atom stereocenters. The lowest BCUT2D eigenvalue weighted by atomic mass is 9.95. The molecule has 0 saturated carbocycles. The molecule has 144 valence electrons. The molecular weight excluding hydrogens is 368 g/mol. The molecule has 2 aromatic heterocycles. The number of furan rings is 1. The fraction of sp³-hybridized carbons (Fsp3) is 0.421. The lowest BCUT2D eigenvalue weighted by Gasteiger charge is -2.16. The van der Waals surface area contributed by atoms with Crippen LogP contribution < -0.4 is 10.6 Å². The van der Waals surface area contributed by atoms with E-state index in [2.05, 4.69) is 10.6 Å². The standard InChI is InChI=1S/C19H22N2O5S/c1-11(17(23)20-10-13-6-5-9-25-13)26-19(24)16-14-7-3-4-8-15(14)27-18(16)21-12(2)22/h5-6,9,11H,3-4,7-8,10H2,1-2H3,(H,20,23)(H,21,22). The van der Waals surface area contributed by atoms with E-state index in [4.69, 9.17) is 9.15 Å². The first kappa shape index (κ1) is 19.2. The van der Waals surface area contributed by atoms with Crippen molar-refractivity contribution in [3.63, 3.8) is 0 Å². The summed E-state index contributed by atoms with van der Waals surface area (Å²) >= 11 is 1.42. The Morgan fingerprint density at radius 1 is 1.30 bits per heavy atom. The van der Waals surface area contributed by atoms with Gasteiger partial charge in [-0.15, -0.1) is 11.3 Å². The van der Waals surface area contributed by atoms with Gasteiger partial charge >= 0.3 is 5.97 Å². The number of nitrogens with one attached hydrogen (secondary N) is 2. The number of hydrogen-bond donors (Lipinski definition) is 2. The van der Waals surface area contributed by atoms with E-state index in [1.54, 1.807) is 12.1 Å². The Bertz CT molecular complexity index is 841. The number of ether oxygens (including phenoxy) is 1. The number of carbonyl (C=O) groups is 3. The third-order valence-electron chi connectivity index (χ3n) is 4.33. The van der Waals surface area contributed by atoms with Crippen molar-refractivity contribution in [2.24, 2.45) is 0 Å². The van der Waals surface area contributed by atoms with Crippen LogP contribution in [0.5, 0.6) is 0 Å². The summed E-state index contributed by atoms with van der Waals surface area (Å²) in [4.78, 5) is 37.6. The maximum Gasteiger partial charge on any atom is 0.342 e. The Morgan fingerprint density at radius 2 is 2.07 bits per heavy atom. The summed E-state index contributed by atoms with van der Waals surface area (Å²) in [5, 5.41) is 5.89. The molecule has 7 nitrogen and oxygen atoms in total. The fourth-order valence-electron chi connectivity index (χ4n) is 3.03. The van der Waals surface area contributed by atoms with Crippen LogP contribution in [0.3, 0.4) is 0 Å². The van der Waals surface area contributed by atoms with Crippen molar-refractivity contribution in [1.82, 2.24) is 5.32 Å². The molecular formula is C19H22N2O5S. The predicted octanol–water partition coefficient (Wildman–Crippen LogP) is 3.04. The quantitative estimate of drug-likeness (QED) is 0.739. The molecule has 3 rings (SSSR count). The Kier molecular flexibility index (Phi) is 5.95. The number of anilines is 1. The first-order chi connectivity index (χ1) is 13.0. The van der Waals surface area contributed by atoms with Crippen LogP contribution in [0.25, 0.3) is 0 Å². The maximum absolute atomic E-state index is 12.8. The van der Waals surface area contributed by atoms with Gasteiger partial charge in [-0.2, -0.15) is 0 Å². The van der Waals surface area contributed by atoms with Crippen molar-refractivity contribution in [2.45, 2.75) is 52.2 Å². The van der Waals surface area contributed by atoms with Crippen LogP contribution in [-0.2, 0) is 33.7 Å². The Hall–Kier alpha value is -2.61. The van der Waals surface area contributed by atoms with E-state index in [1.165, 1.54) is 31.4 Å². The molecule has 1 aliphatic carbocycles. The summed E-state index contributed by atoms with van der Waals surface area (Å²) in [7, 11) is 0. The van der Waals surface area contributed by atoms with Crippen molar-refractivity contribution in [1.29, 1.82) is 0 Å². The van der Waals surface area contributed by atoms with E-state index in [0.717, 1.165) is 36.1 Å². The van der Waals surface area contributed by atoms with Crippen LogP contribution in [0, 0.1) is 0 Å². The third kappa shape index (κ3) is 4.57. The SMILES string of the molecule is CC(=O)Nc1sc2c(c1C(=O)OC(C)C(=O)NCc1ccco1)CCCC2. The summed E-state index contributed by atoms with van der Waals surface area (Å²) in [5.41, 5.74) is 1.32. The average Bonchev–Trinajstić information content (AvgIpc) is 3.25. The van der Waals surface area contributed by atoms with Crippen LogP contribution in [0.1, 0.15) is 53.2 Å². The van der Waals surface area contributed by atoms with Gasteiger partial charge in [-0.25, -0.2) is 4.79 Å². The van der Waals surface area contributed by atoms with Gasteiger partial charge in [-0.1, -0.05) is 0 Å². The summed E-state index contributed by atoms with van der Waals surface area (Å²) in [6, 6.07) is 3.47. The normalized spacial score (nSPS) is 14.1. The van der Waals surface area contributed by atoms with Crippen LogP contribution in [0.4, 0.5) is 5.00 Å². The van der Waals surface area contributed by atoms with Gasteiger partial charge in [-0.3, -0.25) is 9.59 Å². The zero-order chi connectivity index (χ0) is 19.4. The number of rotatable bonds is 6. The Morgan fingerprint density at radius 3 is 2.78 bits per heavy atom. The molecule has 2 heterocycles. The molecule has 1 aliphatic rings. The first-order valence-electron chi connectivity index (χ1n) is 8.89. The lowest BCUT2D eigenvalue weighted by Crippen LogP contribution is -2.35. The predicted molar refractivity (Wildman–Crippen MR) is 101 cm³/mol. The molecule has 0 fully saturated rings.